The molecular formula is C20H19ClN2O5. The summed E-state index contributed by atoms with van der Waals surface area (Å²) in [6.45, 7) is -0.267. The van der Waals surface area contributed by atoms with E-state index in [1.807, 2.05) is 24.3 Å². The fourth-order valence-corrected chi connectivity index (χ4v) is 3.21. The molecule has 0 bridgehead atoms. The van der Waals surface area contributed by atoms with Gasteiger partial charge in [-0.2, -0.15) is 0 Å². The van der Waals surface area contributed by atoms with Gasteiger partial charge in [-0.25, -0.2) is 9.59 Å². The van der Waals surface area contributed by atoms with Gasteiger partial charge in [-0.1, -0.05) is 35.9 Å². The molecule has 2 aromatic rings. The molecule has 1 aliphatic heterocycles. The number of esters is 2. The third-order valence-corrected chi connectivity index (χ3v) is 4.94. The van der Waals surface area contributed by atoms with Crippen molar-refractivity contribution in [2.45, 2.75) is 19.0 Å². The second kappa shape index (κ2) is 8.31. The van der Waals surface area contributed by atoms with Crippen LogP contribution in [0, 0.1) is 0 Å². The predicted molar refractivity (Wildman–Crippen MR) is 103 cm³/mol. The van der Waals surface area contributed by atoms with Gasteiger partial charge in [-0.3, -0.25) is 4.79 Å². The second-order valence-electron chi connectivity index (χ2n) is 6.35. The minimum Gasteiger partial charge on any atom is -0.467 e. The Kier molecular flexibility index (Phi) is 5.84. The number of hydrogen-bond acceptors (Lipinski definition) is 6. The van der Waals surface area contributed by atoms with Gasteiger partial charge in [-0.15, -0.1) is 0 Å². The highest BCUT2D eigenvalue weighted by Gasteiger charge is 2.35. The highest BCUT2D eigenvalue weighted by Crippen LogP contribution is 2.24. The van der Waals surface area contributed by atoms with Crippen LogP contribution in [-0.2, 0) is 32.0 Å². The number of amides is 1. The number of anilines is 1. The van der Waals surface area contributed by atoms with E-state index in [-0.39, 0.29) is 17.8 Å². The number of carbonyl (C=O) groups is 3. The number of nitrogens with two attached hydrogens (primary N) is 1. The van der Waals surface area contributed by atoms with Crippen LogP contribution in [0.2, 0.25) is 5.02 Å². The van der Waals surface area contributed by atoms with Crippen LogP contribution in [0.3, 0.4) is 0 Å². The summed E-state index contributed by atoms with van der Waals surface area (Å²) in [5, 5.41) is 0.320. The lowest BCUT2D eigenvalue weighted by atomic mass is 9.94. The Hall–Kier alpha value is -3.06. The molecule has 3 rings (SSSR count). The number of halogens is 1. The fourth-order valence-electron chi connectivity index (χ4n) is 3.10. The zero-order chi connectivity index (χ0) is 20.3. The topological polar surface area (TPSA) is 98.9 Å². The molecule has 2 N–H and O–H groups in total. The van der Waals surface area contributed by atoms with E-state index < -0.39 is 30.5 Å². The van der Waals surface area contributed by atoms with Crippen molar-refractivity contribution >= 4 is 35.1 Å². The van der Waals surface area contributed by atoms with Gasteiger partial charge < -0.3 is 20.1 Å². The van der Waals surface area contributed by atoms with Gasteiger partial charge in [0.1, 0.15) is 6.04 Å². The minimum atomic E-state index is -0.766. The number of rotatable bonds is 4. The summed E-state index contributed by atoms with van der Waals surface area (Å²) in [4.78, 5) is 38.4. The molecule has 146 valence electrons. The molecule has 1 amide bonds. The summed E-state index contributed by atoms with van der Waals surface area (Å²) < 4.78 is 9.94. The molecule has 1 heterocycles. The molecule has 0 saturated carbocycles. The normalized spacial score (nSPS) is 15.5. The summed E-state index contributed by atoms with van der Waals surface area (Å²) >= 11 is 5.83. The van der Waals surface area contributed by atoms with E-state index >= 15 is 0 Å². The van der Waals surface area contributed by atoms with E-state index in [9.17, 15) is 14.4 Å². The number of fused-ring (bicyclic) bond motifs is 1. The first-order valence-electron chi connectivity index (χ1n) is 8.57. The maximum Gasteiger partial charge on any atom is 0.338 e. The zero-order valence-corrected chi connectivity index (χ0v) is 15.9. The first-order chi connectivity index (χ1) is 13.4. The Morgan fingerprint density at radius 3 is 2.57 bits per heavy atom. The first-order valence-corrected chi connectivity index (χ1v) is 8.94. The average molecular weight is 403 g/mol. The van der Waals surface area contributed by atoms with Crippen LogP contribution in [0.1, 0.15) is 21.5 Å². The van der Waals surface area contributed by atoms with Gasteiger partial charge in [0.05, 0.1) is 23.4 Å². The van der Waals surface area contributed by atoms with E-state index in [0.29, 0.717) is 11.4 Å². The van der Waals surface area contributed by atoms with E-state index in [4.69, 9.17) is 26.8 Å². The van der Waals surface area contributed by atoms with Crippen LogP contribution in [0.5, 0.6) is 0 Å². The Bertz CT molecular complexity index is 931. The van der Waals surface area contributed by atoms with E-state index in [1.54, 1.807) is 0 Å². The first kappa shape index (κ1) is 19.7. The maximum absolute atomic E-state index is 12.7. The van der Waals surface area contributed by atoms with Crippen molar-refractivity contribution in [2.24, 2.45) is 0 Å². The molecule has 0 aliphatic carbocycles. The molecule has 0 saturated heterocycles. The van der Waals surface area contributed by atoms with Crippen LogP contribution in [0.15, 0.2) is 42.5 Å². The minimum absolute atomic E-state index is 0.184. The average Bonchev–Trinajstić information content (AvgIpc) is 2.72. The highest BCUT2D eigenvalue weighted by atomic mass is 35.5. The molecule has 0 radical (unpaired) electrons. The Labute approximate surface area is 167 Å². The fraction of sp³-hybridized carbons (Fsp3) is 0.250. The molecule has 2 aromatic carbocycles. The molecule has 1 atom stereocenters. The molecule has 0 spiro atoms. The highest BCUT2D eigenvalue weighted by molar-refractivity contribution is 6.33. The predicted octanol–water partition coefficient (Wildman–Crippen LogP) is 2.21. The summed E-state index contributed by atoms with van der Waals surface area (Å²) in [6, 6.07) is 11.1. The van der Waals surface area contributed by atoms with Crippen LogP contribution < -0.4 is 5.73 Å². The van der Waals surface area contributed by atoms with Crippen molar-refractivity contribution in [2.75, 3.05) is 19.5 Å². The van der Waals surface area contributed by atoms with Crippen LogP contribution in [0.25, 0.3) is 0 Å². The SMILES string of the molecule is COC(=O)[C@H]1Cc2ccccc2CN1C(=O)COC(=O)c1ccc(Cl)c(N)c1. The molecule has 8 heteroatoms. The smallest absolute Gasteiger partial charge is 0.338 e. The van der Waals surface area contributed by atoms with Gasteiger partial charge in [0.2, 0.25) is 0 Å². The van der Waals surface area contributed by atoms with Crippen molar-refractivity contribution in [1.29, 1.82) is 0 Å². The third-order valence-electron chi connectivity index (χ3n) is 4.60. The van der Waals surface area contributed by atoms with Crippen molar-refractivity contribution < 1.29 is 23.9 Å². The molecule has 7 nitrogen and oxygen atoms in total. The van der Waals surface area contributed by atoms with Crippen LogP contribution in [0.4, 0.5) is 5.69 Å². The molecule has 28 heavy (non-hydrogen) atoms. The Balaban J connectivity index is 1.71. The molecule has 0 aromatic heterocycles. The Morgan fingerprint density at radius 1 is 1.18 bits per heavy atom. The van der Waals surface area contributed by atoms with Gasteiger partial charge in [-0.05, 0) is 29.3 Å². The van der Waals surface area contributed by atoms with Crippen molar-refractivity contribution in [3.8, 4) is 0 Å². The quantitative estimate of drug-likeness (QED) is 0.621. The van der Waals surface area contributed by atoms with Crippen LogP contribution >= 0.6 is 11.6 Å². The van der Waals surface area contributed by atoms with E-state index in [1.165, 1.54) is 30.2 Å². The summed E-state index contributed by atoms with van der Waals surface area (Å²) in [6.07, 6.45) is 0.344. The number of methoxy groups -OCH3 is 1. The third kappa shape index (κ3) is 4.09. The number of carbonyl (C=O) groups excluding carboxylic acids is 3. The Morgan fingerprint density at radius 2 is 1.89 bits per heavy atom. The lowest BCUT2D eigenvalue weighted by Crippen LogP contribution is -2.50. The van der Waals surface area contributed by atoms with Gasteiger partial charge >= 0.3 is 11.9 Å². The number of nitrogens with zero attached hydrogens (tertiary/aromatic N) is 1. The van der Waals surface area contributed by atoms with Gasteiger partial charge in [0.25, 0.3) is 5.91 Å². The largest absolute Gasteiger partial charge is 0.467 e. The second-order valence-corrected chi connectivity index (χ2v) is 6.75. The van der Waals surface area contributed by atoms with Crippen LogP contribution in [-0.4, -0.2) is 42.5 Å². The molecule has 1 aliphatic rings. The monoisotopic (exact) mass is 402 g/mol. The van der Waals surface area contributed by atoms with E-state index in [0.717, 1.165) is 11.1 Å². The number of benzene rings is 2. The standard InChI is InChI=1S/C20H19ClN2O5/c1-27-20(26)17-9-12-4-2-3-5-14(12)10-23(17)18(24)11-28-19(25)13-6-7-15(21)16(22)8-13/h2-8,17H,9-11,22H2,1H3/t17-/m1/s1. The number of hydrogen-bond donors (Lipinski definition) is 1. The zero-order valence-electron chi connectivity index (χ0n) is 15.2. The maximum atomic E-state index is 12.7. The lowest BCUT2D eigenvalue weighted by molar-refractivity contribution is -0.155. The van der Waals surface area contributed by atoms with Crippen molar-refractivity contribution in [1.82, 2.24) is 4.90 Å². The molecular weight excluding hydrogens is 384 g/mol. The summed E-state index contributed by atoms with van der Waals surface area (Å²) in [7, 11) is 1.27. The molecule has 0 fully saturated rings. The number of ether oxygens (including phenoxy) is 2. The summed E-state index contributed by atoms with van der Waals surface area (Å²) in [5.41, 5.74) is 8.02. The molecule has 0 unspecified atom stereocenters. The van der Waals surface area contributed by atoms with Crippen molar-refractivity contribution in [3.05, 3.63) is 64.2 Å². The van der Waals surface area contributed by atoms with E-state index in [2.05, 4.69) is 0 Å². The van der Waals surface area contributed by atoms with Gasteiger partial charge in [0.15, 0.2) is 6.61 Å². The number of nitrogen functional groups attached to an aromatic ring is 1. The van der Waals surface area contributed by atoms with Gasteiger partial charge in [0, 0.05) is 13.0 Å². The van der Waals surface area contributed by atoms with Crippen molar-refractivity contribution in [3.63, 3.8) is 0 Å². The lowest BCUT2D eigenvalue weighted by Gasteiger charge is -2.35. The summed E-state index contributed by atoms with van der Waals surface area (Å²) in [5.74, 6) is -1.71.